The molecule has 0 aliphatic carbocycles. The van der Waals surface area contributed by atoms with Crippen molar-refractivity contribution in [2.45, 2.75) is 19.9 Å². The topological polar surface area (TPSA) is 64.2 Å². The summed E-state index contributed by atoms with van der Waals surface area (Å²) in [5, 5.41) is 0. The quantitative estimate of drug-likeness (QED) is 0.882. The van der Waals surface area contributed by atoms with Gasteiger partial charge in [0.15, 0.2) is 5.82 Å². The van der Waals surface area contributed by atoms with Crippen LogP contribution in [0.1, 0.15) is 13.3 Å². The van der Waals surface area contributed by atoms with E-state index in [2.05, 4.69) is 4.98 Å². The van der Waals surface area contributed by atoms with Gasteiger partial charge in [-0.15, -0.1) is 0 Å². The van der Waals surface area contributed by atoms with E-state index in [1.54, 1.807) is 34.0 Å². The second-order valence-electron chi connectivity index (χ2n) is 4.62. The van der Waals surface area contributed by atoms with Gasteiger partial charge in [0.2, 0.25) is 0 Å². The van der Waals surface area contributed by atoms with Crippen molar-refractivity contribution < 1.29 is 4.39 Å². The Morgan fingerprint density at radius 3 is 2.90 bits per heavy atom. The molecule has 0 saturated heterocycles. The number of aromatic nitrogens is 2. The summed E-state index contributed by atoms with van der Waals surface area (Å²) >= 11 is 0. The highest BCUT2D eigenvalue weighted by Gasteiger charge is 2.15. The van der Waals surface area contributed by atoms with Gasteiger partial charge in [-0.05, 0) is 38.1 Å². The number of anilines is 2. The molecule has 0 amide bonds. The molecule has 2 rings (SSSR count). The Bertz CT molecular complexity index is 656. The number of benzene rings is 1. The number of halogens is 1. The van der Waals surface area contributed by atoms with Gasteiger partial charge in [0.1, 0.15) is 5.82 Å². The third kappa shape index (κ3) is 3.46. The molecule has 2 N–H and O–H groups in total. The van der Waals surface area contributed by atoms with Crippen LogP contribution in [0.15, 0.2) is 41.5 Å². The van der Waals surface area contributed by atoms with Crippen molar-refractivity contribution >= 4 is 11.5 Å². The molecule has 2 aromatic rings. The summed E-state index contributed by atoms with van der Waals surface area (Å²) in [6.45, 7) is 3.44. The molecule has 21 heavy (non-hydrogen) atoms. The number of aryl methyl sites for hydroxylation is 1. The second-order valence-corrected chi connectivity index (χ2v) is 4.62. The monoisotopic (exact) mass is 290 g/mol. The third-order valence-corrected chi connectivity index (χ3v) is 3.20. The highest BCUT2D eigenvalue weighted by Crippen LogP contribution is 2.21. The van der Waals surface area contributed by atoms with Crippen LogP contribution in [0.2, 0.25) is 0 Å². The fourth-order valence-corrected chi connectivity index (χ4v) is 2.12. The summed E-state index contributed by atoms with van der Waals surface area (Å²) in [6.07, 6.45) is 3.89. The van der Waals surface area contributed by atoms with Gasteiger partial charge < -0.3 is 15.2 Å². The zero-order chi connectivity index (χ0) is 15.2. The molecule has 6 heteroatoms. The molecule has 5 nitrogen and oxygen atoms in total. The Hall–Kier alpha value is -2.21. The maximum atomic E-state index is 13.5. The van der Waals surface area contributed by atoms with Crippen molar-refractivity contribution in [2.75, 3.05) is 18.0 Å². The first-order chi connectivity index (χ1) is 10.2. The van der Waals surface area contributed by atoms with Crippen LogP contribution in [0.4, 0.5) is 15.9 Å². The van der Waals surface area contributed by atoms with Gasteiger partial charge in [-0.3, -0.25) is 4.79 Å². The largest absolute Gasteiger partial charge is 0.330 e. The molecule has 0 radical (unpaired) electrons. The van der Waals surface area contributed by atoms with E-state index in [9.17, 15) is 9.18 Å². The average molecular weight is 290 g/mol. The van der Waals surface area contributed by atoms with Crippen LogP contribution < -0.4 is 16.2 Å². The lowest BCUT2D eigenvalue weighted by Gasteiger charge is -2.23. The zero-order valence-corrected chi connectivity index (χ0v) is 12.0. The molecule has 0 saturated carbocycles. The second kappa shape index (κ2) is 6.99. The molecule has 0 aliphatic heterocycles. The Morgan fingerprint density at radius 2 is 2.24 bits per heavy atom. The van der Waals surface area contributed by atoms with Crippen molar-refractivity contribution in [1.29, 1.82) is 0 Å². The van der Waals surface area contributed by atoms with Gasteiger partial charge in [-0.2, -0.15) is 0 Å². The predicted molar refractivity (Wildman–Crippen MR) is 81.2 cm³/mol. The molecule has 112 valence electrons. The lowest BCUT2D eigenvalue weighted by Crippen LogP contribution is -2.31. The molecule has 1 aromatic carbocycles. The molecule has 0 fully saturated rings. The van der Waals surface area contributed by atoms with Crippen molar-refractivity contribution in [3.05, 3.63) is 52.8 Å². The first kappa shape index (κ1) is 15.2. The van der Waals surface area contributed by atoms with Crippen molar-refractivity contribution in [1.82, 2.24) is 9.55 Å². The van der Waals surface area contributed by atoms with Gasteiger partial charge in [-0.25, -0.2) is 9.37 Å². The summed E-state index contributed by atoms with van der Waals surface area (Å²) in [5.74, 6) is -0.0598. The summed E-state index contributed by atoms with van der Waals surface area (Å²) in [6, 6.07) is 6.12. The highest BCUT2D eigenvalue weighted by atomic mass is 19.1. The van der Waals surface area contributed by atoms with Gasteiger partial charge in [-0.1, -0.05) is 6.07 Å². The van der Waals surface area contributed by atoms with Crippen LogP contribution in [0.3, 0.4) is 0 Å². The Morgan fingerprint density at radius 1 is 1.43 bits per heavy atom. The summed E-state index contributed by atoms with van der Waals surface area (Å²) < 4.78 is 15.0. The van der Waals surface area contributed by atoms with E-state index in [-0.39, 0.29) is 11.4 Å². The van der Waals surface area contributed by atoms with E-state index in [1.165, 1.54) is 12.1 Å². The number of hydrogen-bond donors (Lipinski definition) is 1. The molecular formula is C15H19FN4O. The van der Waals surface area contributed by atoms with Crippen molar-refractivity contribution in [2.24, 2.45) is 5.73 Å². The van der Waals surface area contributed by atoms with E-state index in [0.29, 0.717) is 37.6 Å². The minimum absolute atomic E-state index is 0.193. The molecule has 0 spiro atoms. The van der Waals surface area contributed by atoms with E-state index >= 15 is 0 Å². The first-order valence-corrected chi connectivity index (χ1v) is 6.96. The molecule has 0 aliphatic rings. The van der Waals surface area contributed by atoms with Crippen LogP contribution in [0.25, 0.3) is 0 Å². The lowest BCUT2D eigenvalue weighted by molar-refractivity contribution is 0.627. The first-order valence-electron chi connectivity index (χ1n) is 6.96. The third-order valence-electron chi connectivity index (χ3n) is 3.20. The summed E-state index contributed by atoms with van der Waals surface area (Å²) in [4.78, 5) is 18.3. The number of nitrogens with two attached hydrogens (primary N) is 1. The zero-order valence-electron chi connectivity index (χ0n) is 12.0. The maximum Gasteiger partial charge on any atom is 0.293 e. The van der Waals surface area contributed by atoms with Crippen LogP contribution in [0.5, 0.6) is 0 Å². The van der Waals surface area contributed by atoms with Crippen LogP contribution in [-0.4, -0.2) is 22.6 Å². The molecular weight excluding hydrogens is 271 g/mol. The lowest BCUT2D eigenvalue weighted by atomic mass is 10.2. The van der Waals surface area contributed by atoms with Gasteiger partial charge >= 0.3 is 0 Å². The Kier molecular flexibility index (Phi) is 5.05. The number of rotatable bonds is 6. The minimum atomic E-state index is -0.350. The summed E-state index contributed by atoms with van der Waals surface area (Å²) in [7, 11) is 0. The molecule has 0 atom stereocenters. The Balaban J connectivity index is 2.48. The highest BCUT2D eigenvalue weighted by molar-refractivity contribution is 5.59. The van der Waals surface area contributed by atoms with Crippen molar-refractivity contribution in [3.8, 4) is 0 Å². The minimum Gasteiger partial charge on any atom is -0.330 e. The summed E-state index contributed by atoms with van der Waals surface area (Å²) in [5.41, 5.74) is 5.96. The molecule has 1 heterocycles. The average Bonchev–Trinajstić information content (AvgIpc) is 2.49. The van der Waals surface area contributed by atoms with Crippen LogP contribution in [0, 0.1) is 5.82 Å². The SMILES string of the molecule is CCn1ccnc(N(CCCN)c2cccc(F)c2)c1=O. The fraction of sp³-hybridized carbons (Fsp3) is 0.333. The van der Waals surface area contributed by atoms with Gasteiger partial charge in [0.25, 0.3) is 5.56 Å². The van der Waals surface area contributed by atoms with Crippen molar-refractivity contribution in [3.63, 3.8) is 0 Å². The standard InChI is InChI=1S/C15H19FN4O/c1-2-19-10-8-18-14(15(19)21)20(9-4-7-17)13-6-3-5-12(16)11-13/h3,5-6,8,10-11H,2,4,7,9,17H2,1H3. The maximum absolute atomic E-state index is 13.5. The molecule has 0 bridgehead atoms. The van der Waals surface area contributed by atoms with Gasteiger partial charge in [0, 0.05) is 31.2 Å². The van der Waals surface area contributed by atoms with Gasteiger partial charge in [0.05, 0.1) is 0 Å². The van der Waals surface area contributed by atoms with Crippen LogP contribution in [-0.2, 0) is 6.54 Å². The van der Waals surface area contributed by atoms with E-state index in [1.807, 2.05) is 6.92 Å². The Labute approximate surface area is 122 Å². The van der Waals surface area contributed by atoms with E-state index in [0.717, 1.165) is 0 Å². The predicted octanol–water partition coefficient (Wildman–Crippen LogP) is 1.89. The normalized spacial score (nSPS) is 10.6. The number of hydrogen-bond acceptors (Lipinski definition) is 4. The number of nitrogens with zero attached hydrogens (tertiary/aromatic N) is 3. The smallest absolute Gasteiger partial charge is 0.293 e. The van der Waals surface area contributed by atoms with E-state index in [4.69, 9.17) is 5.73 Å². The molecule has 0 unspecified atom stereocenters. The molecule has 1 aromatic heterocycles. The fourth-order valence-electron chi connectivity index (χ4n) is 2.12. The van der Waals surface area contributed by atoms with Crippen LogP contribution >= 0.6 is 0 Å². The van der Waals surface area contributed by atoms with E-state index < -0.39 is 0 Å².